The normalized spacial score (nSPS) is 15.1. The summed E-state index contributed by atoms with van der Waals surface area (Å²) < 4.78 is 26.5. The average molecular weight is 398 g/mol. The highest BCUT2D eigenvalue weighted by Crippen LogP contribution is 2.27. The number of nitrogens with zero attached hydrogens (tertiary/aromatic N) is 3. The molecule has 0 aliphatic rings. The van der Waals surface area contributed by atoms with Crippen LogP contribution in [0.3, 0.4) is 0 Å². The Morgan fingerprint density at radius 1 is 0.435 bits per heavy atom. The molecule has 23 heavy (non-hydrogen) atoms. The molecule has 0 radical (unpaired) electrons. The van der Waals surface area contributed by atoms with E-state index in [1.165, 1.54) is 0 Å². The summed E-state index contributed by atoms with van der Waals surface area (Å²) in [5, 5.41) is 0. The topological polar surface area (TPSA) is 37.4 Å². The van der Waals surface area contributed by atoms with Gasteiger partial charge in [-0.1, -0.05) is 0 Å². The molecule has 0 aromatic rings. The van der Waals surface area contributed by atoms with E-state index in [0.717, 1.165) is 0 Å². The summed E-state index contributed by atoms with van der Waals surface area (Å²) in [6.07, 6.45) is 0. The van der Waals surface area contributed by atoms with E-state index in [4.69, 9.17) is 12.3 Å². The Bertz CT molecular complexity index is 336. The fraction of sp³-hybridized carbons (Fsp3) is 1.00. The summed E-state index contributed by atoms with van der Waals surface area (Å²) in [7, 11) is 3.56. The van der Waals surface area contributed by atoms with Crippen LogP contribution in [0.1, 0.15) is 0 Å². The second-order valence-electron chi connectivity index (χ2n) is 8.19. The summed E-state index contributed by atoms with van der Waals surface area (Å²) in [6.45, 7) is 15.2. The molecule has 140 valence electrons. The Hall–Kier alpha value is 0.628. The minimum atomic E-state index is -2.78. The molecule has 0 atom stereocenters. The number of hydrogen-bond donors (Lipinski definition) is 0. The Balaban J connectivity index is 5.61. The standard InChI is InChI=1S/C13H39N3O3Si4/c1-14(2)20(7,8)17-23(13,18-21(9,10)15(3)4)19-22(11,12)16(5)6/h1-13H3. The van der Waals surface area contributed by atoms with E-state index < -0.39 is 34.2 Å². The Kier molecular flexibility index (Phi) is 8.10. The van der Waals surface area contributed by atoms with Gasteiger partial charge in [0.1, 0.15) is 0 Å². The van der Waals surface area contributed by atoms with Gasteiger partial charge in [-0.15, -0.1) is 0 Å². The highest BCUT2D eigenvalue weighted by atomic mass is 28.5. The van der Waals surface area contributed by atoms with Gasteiger partial charge < -0.3 is 26.0 Å². The fourth-order valence-corrected chi connectivity index (χ4v) is 16.4. The van der Waals surface area contributed by atoms with Crippen LogP contribution in [0.15, 0.2) is 0 Å². The first kappa shape index (κ1) is 23.6. The van der Waals surface area contributed by atoms with Crippen molar-refractivity contribution in [1.82, 2.24) is 13.7 Å². The molecule has 0 aromatic heterocycles. The van der Waals surface area contributed by atoms with Gasteiger partial charge in [0.05, 0.1) is 0 Å². The average Bonchev–Trinajstić information content (AvgIpc) is 2.24. The maximum atomic E-state index is 6.63. The molecule has 0 saturated heterocycles. The van der Waals surface area contributed by atoms with Crippen molar-refractivity contribution in [3.8, 4) is 0 Å². The van der Waals surface area contributed by atoms with Gasteiger partial charge in [0.15, 0.2) is 0 Å². The lowest BCUT2D eigenvalue weighted by molar-refractivity contribution is 0.220. The van der Waals surface area contributed by atoms with E-state index in [-0.39, 0.29) is 0 Å². The van der Waals surface area contributed by atoms with E-state index in [2.05, 4.69) is 102 Å². The molecule has 0 aromatic carbocycles. The predicted molar refractivity (Wildman–Crippen MR) is 108 cm³/mol. The van der Waals surface area contributed by atoms with Crippen molar-refractivity contribution in [2.75, 3.05) is 42.3 Å². The minimum absolute atomic E-state index is 2.03. The quantitative estimate of drug-likeness (QED) is 0.556. The number of hydrogen-bond acceptors (Lipinski definition) is 6. The maximum absolute atomic E-state index is 6.63. The Morgan fingerprint density at radius 2 is 0.609 bits per heavy atom. The smallest absolute Gasteiger partial charge is 0.403 e. The van der Waals surface area contributed by atoms with E-state index >= 15 is 0 Å². The van der Waals surface area contributed by atoms with Crippen LogP contribution < -0.4 is 0 Å². The van der Waals surface area contributed by atoms with Gasteiger partial charge in [-0.25, -0.2) is 0 Å². The summed E-state index contributed by atoms with van der Waals surface area (Å²) in [5.74, 6) is 0. The van der Waals surface area contributed by atoms with Crippen LogP contribution in [-0.2, 0) is 12.3 Å². The lowest BCUT2D eigenvalue weighted by Gasteiger charge is -2.46. The molecular weight excluding hydrogens is 359 g/mol. The molecule has 0 amide bonds. The first-order chi connectivity index (χ1) is 9.95. The Morgan fingerprint density at radius 3 is 0.739 bits per heavy atom. The lowest BCUT2D eigenvalue weighted by Crippen LogP contribution is -2.67. The van der Waals surface area contributed by atoms with Crippen LogP contribution in [0, 0.1) is 0 Å². The Labute approximate surface area is 148 Å². The molecule has 0 spiro atoms. The largest absolute Gasteiger partial charge is 0.468 e. The summed E-state index contributed by atoms with van der Waals surface area (Å²) in [6, 6.07) is 0. The van der Waals surface area contributed by atoms with Gasteiger partial charge in [0.25, 0.3) is 25.4 Å². The van der Waals surface area contributed by atoms with Crippen molar-refractivity contribution in [1.29, 1.82) is 0 Å². The zero-order chi connectivity index (χ0) is 18.9. The molecule has 0 aliphatic heterocycles. The van der Waals surface area contributed by atoms with Crippen LogP contribution in [0.4, 0.5) is 0 Å². The molecule has 0 saturated carbocycles. The van der Waals surface area contributed by atoms with Gasteiger partial charge in [0.2, 0.25) is 0 Å². The molecular formula is C13H39N3O3Si4. The van der Waals surface area contributed by atoms with Crippen LogP contribution in [0.2, 0.25) is 45.8 Å². The molecule has 0 N–H and O–H groups in total. The van der Waals surface area contributed by atoms with Crippen LogP contribution in [-0.4, -0.2) is 90.2 Å². The fourth-order valence-electron chi connectivity index (χ4n) is 1.70. The van der Waals surface area contributed by atoms with E-state index in [0.29, 0.717) is 0 Å². The third-order valence-electron chi connectivity index (χ3n) is 4.54. The lowest BCUT2D eigenvalue weighted by atomic mass is 11.3. The second kappa shape index (κ2) is 7.89. The molecule has 0 aliphatic carbocycles. The maximum Gasteiger partial charge on any atom is 0.468 e. The third-order valence-corrected chi connectivity index (χ3v) is 21.4. The molecule has 10 heteroatoms. The first-order valence-electron chi connectivity index (χ1n) is 8.08. The van der Waals surface area contributed by atoms with Crippen molar-refractivity contribution in [2.24, 2.45) is 0 Å². The van der Waals surface area contributed by atoms with Gasteiger partial charge in [-0.3, -0.25) is 0 Å². The van der Waals surface area contributed by atoms with Crippen molar-refractivity contribution in [3.05, 3.63) is 0 Å². The van der Waals surface area contributed by atoms with E-state index in [1.807, 2.05) is 0 Å². The van der Waals surface area contributed by atoms with Crippen molar-refractivity contribution >= 4 is 34.2 Å². The highest BCUT2D eigenvalue weighted by molar-refractivity contribution is 6.88. The van der Waals surface area contributed by atoms with Crippen molar-refractivity contribution in [3.63, 3.8) is 0 Å². The molecule has 0 heterocycles. The predicted octanol–water partition coefficient (Wildman–Crippen LogP) is 2.40. The molecule has 0 bridgehead atoms. The van der Waals surface area contributed by atoms with Crippen LogP contribution >= 0.6 is 0 Å². The van der Waals surface area contributed by atoms with Crippen molar-refractivity contribution < 1.29 is 12.3 Å². The monoisotopic (exact) mass is 397 g/mol. The third kappa shape index (κ3) is 7.18. The van der Waals surface area contributed by atoms with E-state index in [1.54, 1.807) is 0 Å². The summed E-state index contributed by atoms with van der Waals surface area (Å²) in [5.41, 5.74) is 0. The van der Waals surface area contributed by atoms with Crippen LogP contribution in [0.5, 0.6) is 0 Å². The van der Waals surface area contributed by atoms with Gasteiger partial charge in [-0.2, -0.15) is 0 Å². The zero-order valence-electron chi connectivity index (χ0n) is 17.6. The summed E-state index contributed by atoms with van der Waals surface area (Å²) >= 11 is 0. The molecule has 0 unspecified atom stereocenters. The molecule has 0 rings (SSSR count). The van der Waals surface area contributed by atoms with Crippen molar-refractivity contribution in [2.45, 2.75) is 45.8 Å². The minimum Gasteiger partial charge on any atom is -0.403 e. The zero-order valence-corrected chi connectivity index (χ0v) is 21.6. The highest BCUT2D eigenvalue weighted by Gasteiger charge is 2.51. The summed E-state index contributed by atoms with van der Waals surface area (Å²) in [4.78, 5) is 0. The number of rotatable bonds is 9. The van der Waals surface area contributed by atoms with E-state index in [9.17, 15) is 0 Å². The van der Waals surface area contributed by atoms with Crippen LogP contribution in [0.25, 0.3) is 0 Å². The van der Waals surface area contributed by atoms with Gasteiger partial charge >= 0.3 is 8.80 Å². The SMILES string of the molecule is CN(C)[Si](C)(C)O[Si](C)(O[Si](C)(C)N(C)C)O[Si](C)(C)N(C)C. The van der Waals surface area contributed by atoms with Gasteiger partial charge in [-0.05, 0) is 81.6 Å². The second-order valence-corrected chi connectivity index (χ2v) is 23.7. The van der Waals surface area contributed by atoms with Gasteiger partial charge in [0, 0.05) is 6.55 Å². The first-order valence-corrected chi connectivity index (χ1v) is 18.9. The molecule has 6 nitrogen and oxygen atoms in total. The molecule has 0 fully saturated rings.